The van der Waals surface area contributed by atoms with Gasteiger partial charge in [-0.2, -0.15) is 0 Å². The summed E-state index contributed by atoms with van der Waals surface area (Å²) in [5, 5.41) is 25.1. The predicted octanol–water partition coefficient (Wildman–Crippen LogP) is -1.35. The maximum atomic E-state index is 10.4. The number of nitro groups is 2. The van der Waals surface area contributed by atoms with Crippen LogP contribution in [0.4, 0.5) is 0 Å². The Morgan fingerprint density at radius 1 is 1.31 bits per heavy atom. The van der Waals surface area contributed by atoms with Crippen molar-refractivity contribution >= 4 is 0 Å². The fourth-order valence-corrected chi connectivity index (χ4v) is 0.682. The molecule has 0 aliphatic heterocycles. The maximum absolute atomic E-state index is 10.4. The Morgan fingerprint density at radius 3 is 2.15 bits per heavy atom. The summed E-state index contributed by atoms with van der Waals surface area (Å²) in [6, 6.07) is 0. The first-order valence-electron chi connectivity index (χ1n) is 2.94. The van der Waals surface area contributed by atoms with Gasteiger partial charge in [0, 0.05) is 0 Å². The number of aromatic nitrogens is 3. The number of nitrogens with zero attached hydrogens (tertiary/aromatic N) is 3. The Balaban J connectivity index is 3.09. The van der Waals surface area contributed by atoms with Crippen LogP contribution in [0, 0.1) is 20.2 Å². The van der Waals surface area contributed by atoms with Gasteiger partial charge >= 0.3 is 11.9 Å². The van der Waals surface area contributed by atoms with Gasteiger partial charge in [0.05, 0.1) is 0 Å². The number of aromatic amines is 2. The van der Waals surface area contributed by atoms with Crippen molar-refractivity contribution in [1.29, 1.82) is 0 Å². The van der Waals surface area contributed by atoms with Crippen molar-refractivity contribution in [3.8, 4) is 0 Å². The van der Waals surface area contributed by atoms with E-state index in [2.05, 4.69) is 5.10 Å². The molecule has 0 aromatic carbocycles. The van der Waals surface area contributed by atoms with Crippen LogP contribution in [-0.4, -0.2) is 25.0 Å². The zero-order valence-electron chi connectivity index (χ0n) is 5.96. The normalized spacial score (nSPS) is 10.2. The van der Waals surface area contributed by atoms with Gasteiger partial charge in [-0.3, -0.25) is 25.2 Å². The minimum atomic E-state index is -2.24. The summed E-state index contributed by atoms with van der Waals surface area (Å²) in [7, 11) is 0. The summed E-state index contributed by atoms with van der Waals surface area (Å²) in [5.41, 5.74) is -0.830. The molecule has 0 spiro atoms. The summed E-state index contributed by atoms with van der Waals surface area (Å²) < 4.78 is 0. The molecule has 0 saturated heterocycles. The van der Waals surface area contributed by atoms with E-state index in [1.165, 1.54) is 0 Å². The molecule has 0 atom stereocenters. The Kier molecular flexibility index (Phi) is 2.04. The molecule has 0 radical (unpaired) electrons. The highest BCUT2D eigenvalue weighted by atomic mass is 16.7. The Morgan fingerprint density at radius 2 is 1.85 bits per heavy atom. The van der Waals surface area contributed by atoms with Crippen molar-refractivity contribution in [2.45, 2.75) is 6.17 Å². The van der Waals surface area contributed by atoms with Crippen LogP contribution < -0.4 is 5.69 Å². The van der Waals surface area contributed by atoms with Crippen LogP contribution in [0.2, 0.25) is 0 Å². The van der Waals surface area contributed by atoms with Gasteiger partial charge in [0.25, 0.3) is 5.82 Å². The van der Waals surface area contributed by atoms with E-state index in [1.807, 2.05) is 4.98 Å². The highest BCUT2D eigenvalue weighted by Gasteiger charge is 2.38. The fraction of sp³-hybridized carbons (Fsp3) is 0.333. The molecule has 2 N–H and O–H groups in total. The van der Waals surface area contributed by atoms with E-state index in [0.29, 0.717) is 0 Å². The molecule has 0 unspecified atom stereocenters. The van der Waals surface area contributed by atoms with Crippen molar-refractivity contribution in [3.63, 3.8) is 0 Å². The van der Waals surface area contributed by atoms with E-state index in [-0.39, 0.29) is 0 Å². The van der Waals surface area contributed by atoms with Crippen LogP contribution in [0.5, 0.6) is 0 Å². The highest BCUT2D eigenvalue weighted by molar-refractivity contribution is 4.81. The topological polar surface area (TPSA) is 148 Å². The molecule has 0 bridgehead atoms. The second kappa shape index (κ2) is 3.00. The van der Waals surface area contributed by atoms with Gasteiger partial charge in [0.2, 0.25) is 0 Å². The molecule has 10 heteroatoms. The van der Waals surface area contributed by atoms with Crippen molar-refractivity contribution < 1.29 is 9.85 Å². The second-order valence-corrected chi connectivity index (χ2v) is 2.01. The molecule has 0 aliphatic carbocycles. The number of rotatable bonds is 3. The summed E-state index contributed by atoms with van der Waals surface area (Å²) in [6.07, 6.45) is -2.24. The monoisotopic (exact) mass is 189 g/mol. The maximum Gasteiger partial charge on any atom is 0.509 e. The van der Waals surface area contributed by atoms with E-state index < -0.39 is 27.5 Å². The van der Waals surface area contributed by atoms with E-state index in [9.17, 15) is 25.0 Å². The molecule has 13 heavy (non-hydrogen) atoms. The van der Waals surface area contributed by atoms with Crippen LogP contribution >= 0.6 is 0 Å². The first-order chi connectivity index (χ1) is 6.02. The van der Waals surface area contributed by atoms with Crippen LogP contribution in [0.15, 0.2) is 4.79 Å². The average molecular weight is 189 g/mol. The number of nitrogens with one attached hydrogen (secondary N) is 2. The van der Waals surface area contributed by atoms with Gasteiger partial charge in [-0.1, -0.05) is 0 Å². The van der Waals surface area contributed by atoms with Crippen LogP contribution in [-0.2, 0) is 0 Å². The van der Waals surface area contributed by atoms with Gasteiger partial charge < -0.3 is 0 Å². The van der Waals surface area contributed by atoms with E-state index in [4.69, 9.17) is 0 Å². The van der Waals surface area contributed by atoms with Gasteiger partial charge in [-0.05, 0) is 0 Å². The largest absolute Gasteiger partial charge is 0.509 e. The third kappa shape index (κ3) is 1.66. The molecular formula is C3H3N5O5. The number of hydrogen-bond donors (Lipinski definition) is 2. The van der Waals surface area contributed by atoms with Crippen LogP contribution in [0.1, 0.15) is 12.0 Å². The highest BCUT2D eigenvalue weighted by Crippen LogP contribution is 2.09. The first kappa shape index (κ1) is 8.83. The Hall–Kier alpha value is -2.26. The minimum Gasteiger partial charge on any atom is -0.281 e. The fourth-order valence-electron chi connectivity index (χ4n) is 0.682. The zero-order chi connectivity index (χ0) is 10.0. The average Bonchev–Trinajstić information content (AvgIpc) is 2.34. The molecule has 1 heterocycles. The third-order valence-electron chi connectivity index (χ3n) is 1.16. The Labute approximate surface area is 68.9 Å². The number of H-pyrrole nitrogens is 2. The molecule has 1 rings (SSSR count). The van der Waals surface area contributed by atoms with Crippen molar-refractivity contribution in [2.24, 2.45) is 0 Å². The lowest BCUT2D eigenvalue weighted by atomic mass is 10.5. The molecule has 1 aromatic rings. The summed E-state index contributed by atoms with van der Waals surface area (Å²) in [5.74, 6) is -0.625. The van der Waals surface area contributed by atoms with Gasteiger partial charge in [-0.15, -0.1) is 5.10 Å². The summed E-state index contributed by atoms with van der Waals surface area (Å²) in [4.78, 5) is 30.2. The summed E-state index contributed by atoms with van der Waals surface area (Å²) in [6.45, 7) is 0. The van der Waals surface area contributed by atoms with Crippen LogP contribution in [0.3, 0.4) is 0 Å². The van der Waals surface area contributed by atoms with E-state index in [1.54, 1.807) is 5.10 Å². The van der Waals surface area contributed by atoms with E-state index in [0.717, 1.165) is 0 Å². The lowest BCUT2D eigenvalue weighted by Crippen LogP contribution is -2.21. The van der Waals surface area contributed by atoms with Crippen molar-refractivity contribution in [2.75, 3.05) is 0 Å². The van der Waals surface area contributed by atoms with E-state index >= 15 is 0 Å². The zero-order valence-corrected chi connectivity index (χ0v) is 5.96. The Bertz CT molecular complexity index is 377. The molecule has 70 valence electrons. The van der Waals surface area contributed by atoms with Crippen molar-refractivity contribution in [3.05, 3.63) is 36.5 Å². The molecule has 1 aromatic heterocycles. The molecule has 0 aliphatic rings. The number of hydrogen-bond acceptors (Lipinski definition) is 6. The van der Waals surface area contributed by atoms with Crippen LogP contribution in [0.25, 0.3) is 0 Å². The smallest absolute Gasteiger partial charge is 0.281 e. The lowest BCUT2D eigenvalue weighted by Gasteiger charge is -1.95. The predicted molar refractivity (Wildman–Crippen MR) is 35.9 cm³/mol. The third-order valence-corrected chi connectivity index (χ3v) is 1.16. The quantitative estimate of drug-likeness (QED) is 0.341. The van der Waals surface area contributed by atoms with Gasteiger partial charge in [0.1, 0.15) is 9.85 Å². The molecule has 0 saturated carbocycles. The van der Waals surface area contributed by atoms with Gasteiger partial charge in [-0.25, -0.2) is 9.89 Å². The molecule has 0 fully saturated rings. The molecule has 0 amide bonds. The SMILES string of the molecule is O=c1[nH]nc(C([N+](=O)[O-])[N+](=O)[O-])[nH]1. The van der Waals surface area contributed by atoms with Crippen molar-refractivity contribution in [1.82, 2.24) is 15.2 Å². The molecular weight excluding hydrogens is 186 g/mol. The van der Waals surface area contributed by atoms with Gasteiger partial charge in [0.15, 0.2) is 0 Å². The summed E-state index contributed by atoms with van der Waals surface area (Å²) >= 11 is 0. The minimum absolute atomic E-state index is 0.625. The standard InChI is InChI=1S/C3H3N5O5/c9-3-4-1(5-6-3)2(7(10)11)8(12)13/h2H,(H2,4,5,6,9). The molecule has 10 nitrogen and oxygen atoms in total. The lowest BCUT2D eigenvalue weighted by molar-refractivity contribution is -0.754. The second-order valence-electron chi connectivity index (χ2n) is 2.01. The first-order valence-corrected chi connectivity index (χ1v) is 2.94.